The van der Waals surface area contributed by atoms with E-state index in [4.69, 9.17) is 5.73 Å². The highest BCUT2D eigenvalue weighted by atomic mass is 19.1. The first-order valence-electron chi connectivity index (χ1n) is 5.66. The minimum absolute atomic E-state index is 0.0949. The van der Waals surface area contributed by atoms with Gasteiger partial charge >= 0.3 is 0 Å². The summed E-state index contributed by atoms with van der Waals surface area (Å²) in [6.45, 7) is 3.81. The number of carbonyl (C=O) groups excluding carboxylic acids is 1. The lowest BCUT2D eigenvalue weighted by atomic mass is 9.96. The van der Waals surface area contributed by atoms with E-state index in [-0.39, 0.29) is 17.0 Å². The molecule has 0 aliphatic heterocycles. The number of rotatable bonds is 2. The van der Waals surface area contributed by atoms with Crippen LogP contribution in [-0.2, 0) is 0 Å². The molecular weight excluding hydrogens is 229 g/mol. The highest BCUT2D eigenvalue weighted by Gasteiger charge is 2.16. The van der Waals surface area contributed by atoms with Crippen molar-refractivity contribution in [1.29, 1.82) is 0 Å². The van der Waals surface area contributed by atoms with Crippen LogP contribution >= 0.6 is 0 Å². The molecule has 0 heterocycles. The highest BCUT2D eigenvalue weighted by Crippen LogP contribution is 2.21. The fourth-order valence-electron chi connectivity index (χ4n) is 1.95. The van der Waals surface area contributed by atoms with Gasteiger partial charge in [-0.3, -0.25) is 4.79 Å². The third kappa shape index (κ3) is 2.12. The van der Waals surface area contributed by atoms with E-state index < -0.39 is 5.82 Å². The molecule has 3 heteroatoms. The Balaban J connectivity index is 2.51. The lowest BCUT2D eigenvalue weighted by molar-refractivity contribution is 0.103. The van der Waals surface area contributed by atoms with Gasteiger partial charge in [0.15, 0.2) is 5.78 Å². The molecule has 0 aliphatic carbocycles. The van der Waals surface area contributed by atoms with Crippen LogP contribution in [0.1, 0.15) is 27.0 Å². The normalized spacial score (nSPS) is 10.4. The molecule has 2 N–H and O–H groups in total. The van der Waals surface area contributed by atoms with Gasteiger partial charge in [0.25, 0.3) is 0 Å². The Labute approximate surface area is 105 Å². The van der Waals surface area contributed by atoms with E-state index in [2.05, 4.69) is 0 Å². The summed E-state index contributed by atoms with van der Waals surface area (Å²) in [4.78, 5) is 12.3. The van der Waals surface area contributed by atoms with Crippen LogP contribution in [-0.4, -0.2) is 5.78 Å². The highest BCUT2D eigenvalue weighted by molar-refractivity contribution is 6.12. The van der Waals surface area contributed by atoms with Crippen molar-refractivity contribution in [1.82, 2.24) is 0 Å². The maximum Gasteiger partial charge on any atom is 0.195 e. The molecule has 0 radical (unpaired) electrons. The smallest absolute Gasteiger partial charge is 0.195 e. The van der Waals surface area contributed by atoms with Crippen LogP contribution < -0.4 is 5.73 Å². The van der Waals surface area contributed by atoms with Crippen LogP contribution in [0.15, 0.2) is 36.4 Å². The summed E-state index contributed by atoms with van der Waals surface area (Å²) >= 11 is 0. The van der Waals surface area contributed by atoms with Crippen molar-refractivity contribution in [3.05, 3.63) is 64.5 Å². The van der Waals surface area contributed by atoms with E-state index in [1.807, 2.05) is 26.0 Å². The molecule has 2 nitrogen and oxygen atoms in total. The van der Waals surface area contributed by atoms with Crippen molar-refractivity contribution in [3.63, 3.8) is 0 Å². The number of para-hydroxylation sites is 1. The number of carbonyl (C=O) groups is 1. The Morgan fingerprint density at radius 1 is 1.11 bits per heavy atom. The Hall–Kier alpha value is -2.16. The zero-order chi connectivity index (χ0) is 13.3. The van der Waals surface area contributed by atoms with Crippen LogP contribution in [0.2, 0.25) is 0 Å². The first-order valence-corrected chi connectivity index (χ1v) is 5.66. The molecule has 0 fully saturated rings. The Morgan fingerprint density at radius 2 is 1.83 bits per heavy atom. The summed E-state index contributed by atoms with van der Waals surface area (Å²) in [6.07, 6.45) is 0. The largest absolute Gasteiger partial charge is 0.396 e. The number of nitrogen functional groups attached to an aromatic ring is 1. The van der Waals surface area contributed by atoms with Gasteiger partial charge in [0.2, 0.25) is 0 Å². The van der Waals surface area contributed by atoms with Gasteiger partial charge < -0.3 is 5.73 Å². The van der Waals surface area contributed by atoms with Crippen LogP contribution in [0, 0.1) is 19.7 Å². The van der Waals surface area contributed by atoms with Crippen molar-refractivity contribution in [2.45, 2.75) is 13.8 Å². The fraction of sp³-hybridized carbons (Fsp3) is 0.133. The number of aryl methyl sites for hydroxylation is 2. The van der Waals surface area contributed by atoms with Gasteiger partial charge in [-0.2, -0.15) is 0 Å². The van der Waals surface area contributed by atoms with E-state index in [1.165, 1.54) is 12.1 Å². The van der Waals surface area contributed by atoms with Crippen molar-refractivity contribution >= 4 is 11.5 Å². The standard InChI is InChI=1S/C15H14FNO/c1-9-6-7-11(10(2)8-9)15(18)12-4-3-5-13(16)14(12)17/h3-8H,17H2,1-2H3. The second kappa shape index (κ2) is 4.61. The molecule has 0 atom stereocenters. The Kier molecular flexibility index (Phi) is 3.15. The lowest BCUT2D eigenvalue weighted by Crippen LogP contribution is -2.08. The lowest BCUT2D eigenvalue weighted by Gasteiger charge is -2.08. The predicted octanol–water partition coefficient (Wildman–Crippen LogP) is 3.26. The molecule has 0 saturated heterocycles. The summed E-state index contributed by atoms with van der Waals surface area (Å²) in [7, 11) is 0. The second-order valence-corrected chi connectivity index (χ2v) is 4.35. The van der Waals surface area contributed by atoms with Crippen molar-refractivity contribution in [2.75, 3.05) is 5.73 Å². The number of anilines is 1. The first kappa shape index (κ1) is 12.3. The minimum Gasteiger partial charge on any atom is -0.396 e. The van der Waals surface area contributed by atoms with Crippen LogP contribution in [0.3, 0.4) is 0 Å². The van der Waals surface area contributed by atoms with Crippen molar-refractivity contribution in [2.24, 2.45) is 0 Å². The molecule has 0 spiro atoms. The molecule has 2 aromatic rings. The van der Waals surface area contributed by atoms with Crippen LogP contribution in [0.25, 0.3) is 0 Å². The van der Waals surface area contributed by atoms with Crippen LogP contribution in [0.4, 0.5) is 10.1 Å². The Bertz CT molecular complexity index is 620. The zero-order valence-electron chi connectivity index (χ0n) is 10.3. The number of ketones is 1. The van der Waals surface area contributed by atoms with Gasteiger partial charge in [-0.1, -0.05) is 29.8 Å². The molecule has 0 saturated carbocycles. The number of hydrogen-bond acceptors (Lipinski definition) is 2. The molecule has 92 valence electrons. The van der Waals surface area contributed by atoms with E-state index in [0.29, 0.717) is 5.56 Å². The summed E-state index contributed by atoms with van der Waals surface area (Å²) in [6, 6.07) is 9.80. The van der Waals surface area contributed by atoms with Gasteiger partial charge in [-0.25, -0.2) is 4.39 Å². The number of benzene rings is 2. The van der Waals surface area contributed by atoms with Crippen molar-refractivity contribution in [3.8, 4) is 0 Å². The third-order valence-electron chi connectivity index (χ3n) is 2.92. The monoisotopic (exact) mass is 243 g/mol. The maximum absolute atomic E-state index is 13.3. The number of hydrogen-bond donors (Lipinski definition) is 1. The molecule has 0 amide bonds. The summed E-state index contributed by atoms with van der Waals surface area (Å²) in [5.41, 5.74) is 8.22. The zero-order valence-corrected chi connectivity index (χ0v) is 10.3. The minimum atomic E-state index is -0.564. The van der Waals surface area contributed by atoms with E-state index in [1.54, 1.807) is 12.1 Å². The van der Waals surface area contributed by atoms with Gasteiger partial charge in [0.05, 0.1) is 5.69 Å². The maximum atomic E-state index is 13.3. The molecule has 0 bridgehead atoms. The summed E-state index contributed by atoms with van der Waals surface area (Å²) < 4.78 is 13.3. The van der Waals surface area contributed by atoms with Gasteiger partial charge in [-0.05, 0) is 31.5 Å². The molecule has 0 aliphatic rings. The van der Waals surface area contributed by atoms with E-state index in [9.17, 15) is 9.18 Å². The molecular formula is C15H14FNO. The SMILES string of the molecule is Cc1ccc(C(=O)c2cccc(F)c2N)c(C)c1. The molecule has 0 aromatic heterocycles. The fourth-order valence-corrected chi connectivity index (χ4v) is 1.95. The predicted molar refractivity (Wildman–Crippen MR) is 70.2 cm³/mol. The molecule has 2 aromatic carbocycles. The van der Waals surface area contributed by atoms with Gasteiger partial charge in [0, 0.05) is 11.1 Å². The number of halogens is 1. The summed E-state index contributed by atoms with van der Waals surface area (Å²) in [5.74, 6) is -0.810. The van der Waals surface area contributed by atoms with Crippen molar-refractivity contribution < 1.29 is 9.18 Å². The molecule has 0 unspecified atom stereocenters. The average molecular weight is 243 g/mol. The van der Waals surface area contributed by atoms with E-state index >= 15 is 0 Å². The van der Waals surface area contributed by atoms with Gasteiger partial charge in [0.1, 0.15) is 5.82 Å². The third-order valence-corrected chi connectivity index (χ3v) is 2.92. The molecule has 18 heavy (non-hydrogen) atoms. The average Bonchev–Trinajstić information content (AvgIpc) is 2.32. The number of nitrogens with two attached hydrogens (primary N) is 1. The second-order valence-electron chi connectivity index (χ2n) is 4.35. The first-order chi connectivity index (χ1) is 8.50. The van der Waals surface area contributed by atoms with E-state index in [0.717, 1.165) is 11.1 Å². The topological polar surface area (TPSA) is 43.1 Å². The van der Waals surface area contributed by atoms with Crippen LogP contribution in [0.5, 0.6) is 0 Å². The Morgan fingerprint density at radius 3 is 2.50 bits per heavy atom. The summed E-state index contributed by atoms with van der Waals surface area (Å²) in [5, 5.41) is 0. The molecule has 2 rings (SSSR count). The van der Waals surface area contributed by atoms with Gasteiger partial charge in [-0.15, -0.1) is 0 Å². The quantitative estimate of drug-likeness (QED) is 0.650.